The molecule has 4 aromatic heterocycles. The Morgan fingerprint density at radius 2 is 2.07 bits per heavy atom. The second kappa shape index (κ2) is 6.49. The summed E-state index contributed by atoms with van der Waals surface area (Å²) in [7, 11) is 0. The highest BCUT2D eigenvalue weighted by Crippen LogP contribution is 2.45. The molecule has 5 heterocycles. The van der Waals surface area contributed by atoms with Crippen molar-refractivity contribution in [2.24, 2.45) is 0 Å². The van der Waals surface area contributed by atoms with E-state index >= 15 is 0 Å². The van der Waals surface area contributed by atoms with Crippen LogP contribution in [-0.2, 0) is 0 Å². The molecule has 0 aromatic carbocycles. The van der Waals surface area contributed by atoms with Crippen molar-refractivity contribution < 1.29 is 19.4 Å². The van der Waals surface area contributed by atoms with Gasteiger partial charge in [-0.05, 0) is 24.3 Å². The molecule has 0 saturated heterocycles. The third-order valence-corrected chi connectivity index (χ3v) is 5.25. The van der Waals surface area contributed by atoms with Gasteiger partial charge in [0.1, 0.15) is 21.3 Å². The molecule has 0 saturated carbocycles. The molecule has 10 nitrogen and oxygen atoms in total. The number of urea groups is 1. The summed E-state index contributed by atoms with van der Waals surface area (Å²) >= 11 is 1.01. The molecule has 0 spiro atoms. The molecular weight excluding hydrogens is 396 g/mol. The highest BCUT2D eigenvalue weighted by atomic mass is 32.1. The Morgan fingerprint density at radius 1 is 1.17 bits per heavy atom. The van der Waals surface area contributed by atoms with Gasteiger partial charge in [-0.2, -0.15) is 5.10 Å². The number of carbonyl (C=O) groups excluding carboxylic acids is 1. The number of carbonyl (C=O) groups is 2. The summed E-state index contributed by atoms with van der Waals surface area (Å²) in [5, 5.41) is 20.2. The van der Waals surface area contributed by atoms with Crippen molar-refractivity contribution in [2.45, 2.75) is 0 Å². The van der Waals surface area contributed by atoms with E-state index in [2.05, 4.69) is 25.5 Å². The average Bonchev–Trinajstić information content (AvgIpc) is 3.10. The minimum absolute atomic E-state index is 0.0358. The number of thiophene rings is 1. The Labute approximate surface area is 166 Å². The normalized spacial score (nSPS) is 12.7. The smallest absolute Gasteiger partial charge is 0.348 e. The average molecular weight is 406 g/mol. The Bertz CT molecular complexity index is 1260. The Morgan fingerprint density at radius 3 is 2.79 bits per heavy atom. The van der Waals surface area contributed by atoms with E-state index in [-0.39, 0.29) is 10.6 Å². The van der Waals surface area contributed by atoms with Crippen LogP contribution in [-0.4, -0.2) is 37.3 Å². The van der Waals surface area contributed by atoms with Crippen LogP contribution in [0.15, 0.2) is 48.9 Å². The number of carboxylic acids is 1. The first-order valence-electron chi connectivity index (χ1n) is 8.29. The highest BCUT2D eigenvalue weighted by molar-refractivity contribution is 7.21. The molecule has 11 heteroatoms. The van der Waals surface area contributed by atoms with Gasteiger partial charge in [0.15, 0.2) is 0 Å². The fourth-order valence-corrected chi connectivity index (χ4v) is 3.95. The minimum atomic E-state index is -1.12. The Hall–Kier alpha value is -4.12. The lowest BCUT2D eigenvalue weighted by Gasteiger charge is -2.27. The number of rotatable bonds is 4. The number of ether oxygens (including phenoxy) is 1. The number of aromatic nitrogens is 4. The van der Waals surface area contributed by atoms with Crippen LogP contribution in [0.4, 0.5) is 22.0 Å². The standard InChI is InChI=1S/C18H10N6O4S/c25-17(26)15-14-13-10(5-7-19-16(13)29-15)24(18(27)22-14)11-4-3-9(8-20-11)28-12-2-1-6-21-23-12/h1-8H,(H,22,27)(H,25,26). The topological polar surface area (TPSA) is 130 Å². The first kappa shape index (κ1) is 17.0. The van der Waals surface area contributed by atoms with Crippen LogP contribution >= 0.6 is 11.3 Å². The van der Waals surface area contributed by atoms with Gasteiger partial charge < -0.3 is 15.2 Å². The molecule has 0 aliphatic carbocycles. The summed E-state index contributed by atoms with van der Waals surface area (Å²) in [4.78, 5) is 34.7. The van der Waals surface area contributed by atoms with E-state index < -0.39 is 12.0 Å². The van der Waals surface area contributed by atoms with Crippen LogP contribution in [0.5, 0.6) is 11.6 Å². The predicted molar refractivity (Wildman–Crippen MR) is 104 cm³/mol. The zero-order valence-corrected chi connectivity index (χ0v) is 15.3. The number of pyridine rings is 2. The number of anilines is 3. The molecule has 2 amide bonds. The van der Waals surface area contributed by atoms with E-state index in [4.69, 9.17) is 4.74 Å². The first-order chi connectivity index (χ1) is 14.1. The van der Waals surface area contributed by atoms with Crippen LogP contribution in [0, 0.1) is 0 Å². The van der Waals surface area contributed by atoms with Gasteiger partial charge in [-0.15, -0.1) is 16.4 Å². The maximum atomic E-state index is 12.8. The van der Waals surface area contributed by atoms with Crippen LogP contribution in [0.25, 0.3) is 10.2 Å². The third-order valence-electron chi connectivity index (χ3n) is 4.16. The molecule has 29 heavy (non-hydrogen) atoms. The van der Waals surface area contributed by atoms with Crippen molar-refractivity contribution in [1.29, 1.82) is 0 Å². The SMILES string of the molecule is O=C(O)c1sc2nccc3c2c1NC(=O)N3c1ccc(Oc2cccnn2)cn1. The van der Waals surface area contributed by atoms with Crippen molar-refractivity contribution >= 4 is 50.7 Å². The first-order valence-corrected chi connectivity index (χ1v) is 9.11. The van der Waals surface area contributed by atoms with Crippen LogP contribution in [0.2, 0.25) is 0 Å². The van der Waals surface area contributed by atoms with E-state index in [1.807, 2.05) is 0 Å². The second-order valence-electron chi connectivity index (χ2n) is 5.90. The van der Waals surface area contributed by atoms with E-state index in [0.717, 1.165) is 11.3 Å². The quantitative estimate of drug-likeness (QED) is 0.525. The molecule has 1 aliphatic heterocycles. The van der Waals surface area contributed by atoms with Gasteiger partial charge in [0.2, 0.25) is 5.88 Å². The highest BCUT2D eigenvalue weighted by Gasteiger charge is 2.33. The fraction of sp³-hybridized carbons (Fsp3) is 0. The summed E-state index contributed by atoms with van der Waals surface area (Å²) in [6, 6.07) is 7.75. The molecule has 142 valence electrons. The number of aromatic carboxylic acids is 1. The zero-order valence-electron chi connectivity index (χ0n) is 14.4. The Balaban J connectivity index is 1.54. The zero-order chi connectivity index (χ0) is 20.0. The molecule has 2 N–H and O–H groups in total. The van der Waals surface area contributed by atoms with Crippen LogP contribution in [0.3, 0.4) is 0 Å². The predicted octanol–water partition coefficient (Wildman–Crippen LogP) is 3.66. The summed E-state index contributed by atoms with van der Waals surface area (Å²) in [6.45, 7) is 0. The lowest BCUT2D eigenvalue weighted by atomic mass is 10.1. The molecule has 0 fully saturated rings. The number of carboxylic acid groups (broad SMARTS) is 1. The maximum absolute atomic E-state index is 12.8. The van der Waals surface area contributed by atoms with Gasteiger partial charge in [-0.3, -0.25) is 0 Å². The van der Waals surface area contributed by atoms with Crippen molar-refractivity contribution in [1.82, 2.24) is 20.2 Å². The van der Waals surface area contributed by atoms with Crippen molar-refractivity contribution in [2.75, 3.05) is 10.2 Å². The molecular formula is C18H10N6O4S. The molecule has 0 unspecified atom stereocenters. The van der Waals surface area contributed by atoms with Crippen LogP contribution in [0.1, 0.15) is 9.67 Å². The van der Waals surface area contributed by atoms with Gasteiger partial charge >= 0.3 is 12.0 Å². The molecule has 0 bridgehead atoms. The largest absolute Gasteiger partial charge is 0.477 e. The minimum Gasteiger partial charge on any atom is -0.477 e. The van der Waals surface area contributed by atoms with E-state index in [1.165, 1.54) is 23.5 Å². The summed E-state index contributed by atoms with van der Waals surface area (Å²) < 4.78 is 5.56. The molecule has 0 radical (unpaired) electrons. The number of amides is 2. The molecule has 5 rings (SSSR count). The number of nitrogens with zero attached hydrogens (tertiary/aromatic N) is 5. The summed E-state index contributed by atoms with van der Waals surface area (Å²) in [6.07, 6.45) is 4.52. The monoisotopic (exact) mass is 406 g/mol. The number of hydrogen-bond donors (Lipinski definition) is 2. The maximum Gasteiger partial charge on any atom is 0.348 e. The van der Waals surface area contributed by atoms with Gasteiger partial charge in [0.25, 0.3) is 0 Å². The van der Waals surface area contributed by atoms with Gasteiger partial charge in [-0.25, -0.2) is 24.5 Å². The lowest BCUT2D eigenvalue weighted by Crippen LogP contribution is -2.34. The number of nitrogens with one attached hydrogen (secondary N) is 1. The Kier molecular flexibility index (Phi) is 3.81. The van der Waals surface area contributed by atoms with E-state index in [0.29, 0.717) is 33.4 Å². The number of hydrogen-bond acceptors (Lipinski definition) is 8. The second-order valence-corrected chi connectivity index (χ2v) is 6.90. The van der Waals surface area contributed by atoms with Crippen LogP contribution < -0.4 is 15.0 Å². The van der Waals surface area contributed by atoms with E-state index in [9.17, 15) is 14.7 Å². The molecule has 4 aromatic rings. The summed E-state index contributed by atoms with van der Waals surface area (Å²) in [5.74, 6) is -0.0322. The van der Waals surface area contributed by atoms with Gasteiger partial charge in [-0.1, -0.05) is 0 Å². The van der Waals surface area contributed by atoms with Gasteiger partial charge in [0.05, 0.1) is 23.0 Å². The molecule has 1 aliphatic rings. The van der Waals surface area contributed by atoms with Gasteiger partial charge in [0, 0.05) is 18.5 Å². The van der Waals surface area contributed by atoms with Crippen molar-refractivity contribution in [3.05, 3.63) is 53.8 Å². The van der Waals surface area contributed by atoms with E-state index in [1.54, 1.807) is 30.3 Å². The summed E-state index contributed by atoms with van der Waals surface area (Å²) in [5.41, 5.74) is 0.761. The fourth-order valence-electron chi connectivity index (χ4n) is 2.99. The van der Waals surface area contributed by atoms with Crippen molar-refractivity contribution in [3.63, 3.8) is 0 Å². The van der Waals surface area contributed by atoms with Crippen molar-refractivity contribution in [3.8, 4) is 11.6 Å². The lowest BCUT2D eigenvalue weighted by molar-refractivity contribution is 0.0703. The molecule has 0 atom stereocenters. The third kappa shape index (κ3) is 2.80.